The third-order valence-corrected chi connectivity index (χ3v) is 5.35. The highest BCUT2D eigenvalue weighted by Gasteiger charge is 2.23. The standard InChI is InChI=1S/C15H17NS2/c1-11(9-12-5-4-8-17-12)16-14-10-18-15-7-3-2-6-13(14)15/h2-8,11,14,16H,9-10H2,1H3. The first-order valence-corrected chi connectivity index (χ1v) is 8.19. The van der Waals surface area contributed by atoms with Crippen molar-refractivity contribution in [2.45, 2.75) is 30.3 Å². The minimum atomic E-state index is 0.515. The van der Waals surface area contributed by atoms with E-state index in [4.69, 9.17) is 0 Å². The summed E-state index contributed by atoms with van der Waals surface area (Å²) in [5.41, 5.74) is 1.47. The van der Waals surface area contributed by atoms with Gasteiger partial charge in [0.25, 0.3) is 0 Å². The van der Waals surface area contributed by atoms with Crippen LogP contribution in [0.5, 0.6) is 0 Å². The number of benzene rings is 1. The van der Waals surface area contributed by atoms with Crippen LogP contribution in [-0.4, -0.2) is 11.8 Å². The number of nitrogens with one attached hydrogen (secondary N) is 1. The largest absolute Gasteiger partial charge is 0.306 e. The third-order valence-electron chi connectivity index (χ3n) is 3.27. The molecular weight excluding hydrogens is 258 g/mol. The zero-order chi connectivity index (χ0) is 12.4. The Balaban J connectivity index is 1.64. The average molecular weight is 275 g/mol. The Morgan fingerprint density at radius 3 is 3.00 bits per heavy atom. The van der Waals surface area contributed by atoms with E-state index in [0.29, 0.717) is 12.1 Å². The Labute approximate surface area is 117 Å². The lowest BCUT2D eigenvalue weighted by atomic mass is 10.1. The number of hydrogen-bond acceptors (Lipinski definition) is 3. The molecule has 2 atom stereocenters. The molecule has 3 rings (SSSR count). The highest BCUT2D eigenvalue weighted by Crippen LogP contribution is 2.38. The Bertz CT molecular complexity index is 507. The van der Waals surface area contributed by atoms with E-state index in [0.717, 1.165) is 12.2 Å². The quantitative estimate of drug-likeness (QED) is 0.901. The van der Waals surface area contributed by atoms with Gasteiger partial charge in [-0.05, 0) is 36.4 Å². The van der Waals surface area contributed by atoms with E-state index in [-0.39, 0.29) is 0 Å². The summed E-state index contributed by atoms with van der Waals surface area (Å²) in [6.45, 7) is 2.28. The van der Waals surface area contributed by atoms with Gasteiger partial charge in [-0.2, -0.15) is 0 Å². The third kappa shape index (κ3) is 2.63. The van der Waals surface area contributed by atoms with Crippen LogP contribution >= 0.6 is 23.1 Å². The number of hydrogen-bond donors (Lipinski definition) is 1. The number of thiophene rings is 1. The summed E-state index contributed by atoms with van der Waals surface area (Å²) >= 11 is 3.82. The molecule has 1 nitrogen and oxygen atoms in total. The Kier molecular flexibility index (Phi) is 3.73. The smallest absolute Gasteiger partial charge is 0.0428 e. The van der Waals surface area contributed by atoms with Crippen molar-refractivity contribution in [2.75, 3.05) is 5.75 Å². The average Bonchev–Trinajstić information content (AvgIpc) is 3.00. The molecule has 1 aromatic carbocycles. The molecule has 0 amide bonds. The molecule has 0 spiro atoms. The molecule has 2 aromatic rings. The minimum absolute atomic E-state index is 0.515. The summed E-state index contributed by atoms with van der Waals surface area (Å²) in [6.07, 6.45) is 1.13. The molecule has 0 aliphatic carbocycles. The van der Waals surface area contributed by atoms with Crippen molar-refractivity contribution in [3.63, 3.8) is 0 Å². The molecule has 0 fully saturated rings. The van der Waals surface area contributed by atoms with Crippen LogP contribution in [0, 0.1) is 0 Å². The molecule has 18 heavy (non-hydrogen) atoms. The van der Waals surface area contributed by atoms with Gasteiger partial charge in [0.15, 0.2) is 0 Å². The lowest BCUT2D eigenvalue weighted by molar-refractivity contribution is 0.485. The molecule has 0 saturated heterocycles. The number of fused-ring (bicyclic) bond motifs is 1. The van der Waals surface area contributed by atoms with E-state index in [1.54, 1.807) is 0 Å². The Morgan fingerprint density at radius 1 is 1.28 bits per heavy atom. The summed E-state index contributed by atoms with van der Waals surface area (Å²) < 4.78 is 0. The summed E-state index contributed by atoms with van der Waals surface area (Å²) in [7, 11) is 0. The molecule has 94 valence electrons. The van der Waals surface area contributed by atoms with Crippen LogP contribution in [0.15, 0.2) is 46.7 Å². The van der Waals surface area contributed by atoms with Gasteiger partial charge in [0.2, 0.25) is 0 Å². The van der Waals surface area contributed by atoms with Crippen LogP contribution in [0.3, 0.4) is 0 Å². The van der Waals surface area contributed by atoms with Crippen molar-refractivity contribution < 1.29 is 0 Å². The molecule has 2 unspecified atom stereocenters. The van der Waals surface area contributed by atoms with Crippen molar-refractivity contribution in [2.24, 2.45) is 0 Å². The lowest BCUT2D eigenvalue weighted by Gasteiger charge is -2.19. The summed E-state index contributed by atoms with van der Waals surface area (Å²) in [6, 6.07) is 14.2. The van der Waals surface area contributed by atoms with Gasteiger partial charge >= 0.3 is 0 Å². The Hall–Kier alpha value is -0.770. The molecule has 1 N–H and O–H groups in total. The second-order valence-corrected chi connectivity index (χ2v) is 6.85. The van der Waals surface area contributed by atoms with Gasteiger partial charge in [0.1, 0.15) is 0 Å². The van der Waals surface area contributed by atoms with Gasteiger partial charge in [0.05, 0.1) is 0 Å². The van der Waals surface area contributed by atoms with E-state index >= 15 is 0 Å². The monoisotopic (exact) mass is 275 g/mol. The van der Waals surface area contributed by atoms with E-state index in [1.165, 1.54) is 15.3 Å². The summed E-state index contributed by atoms with van der Waals surface area (Å²) in [4.78, 5) is 2.91. The van der Waals surface area contributed by atoms with Crippen molar-refractivity contribution >= 4 is 23.1 Å². The number of rotatable bonds is 4. The van der Waals surface area contributed by atoms with Crippen LogP contribution < -0.4 is 5.32 Å². The van der Waals surface area contributed by atoms with Gasteiger partial charge in [-0.3, -0.25) is 0 Å². The fourth-order valence-electron chi connectivity index (χ4n) is 2.43. The predicted octanol–water partition coefficient (Wildman–Crippen LogP) is 4.12. The van der Waals surface area contributed by atoms with Crippen LogP contribution in [0.2, 0.25) is 0 Å². The zero-order valence-electron chi connectivity index (χ0n) is 10.4. The second-order valence-electron chi connectivity index (χ2n) is 4.75. The van der Waals surface area contributed by atoms with Gasteiger partial charge in [-0.15, -0.1) is 23.1 Å². The van der Waals surface area contributed by atoms with Crippen LogP contribution in [-0.2, 0) is 6.42 Å². The van der Waals surface area contributed by atoms with E-state index in [2.05, 4.69) is 54.0 Å². The van der Waals surface area contributed by atoms with Crippen LogP contribution in [0.25, 0.3) is 0 Å². The fraction of sp³-hybridized carbons (Fsp3) is 0.333. The number of thioether (sulfide) groups is 1. The second kappa shape index (κ2) is 5.47. The van der Waals surface area contributed by atoms with Gasteiger partial charge in [-0.1, -0.05) is 24.3 Å². The predicted molar refractivity (Wildman–Crippen MR) is 80.5 cm³/mol. The summed E-state index contributed by atoms with van der Waals surface area (Å²) in [5, 5.41) is 5.91. The van der Waals surface area contributed by atoms with Gasteiger partial charge in [-0.25, -0.2) is 0 Å². The topological polar surface area (TPSA) is 12.0 Å². The minimum Gasteiger partial charge on any atom is -0.306 e. The van der Waals surface area contributed by atoms with Crippen LogP contribution in [0.1, 0.15) is 23.4 Å². The van der Waals surface area contributed by atoms with Crippen molar-refractivity contribution in [3.8, 4) is 0 Å². The first-order chi connectivity index (χ1) is 8.83. The van der Waals surface area contributed by atoms with Crippen molar-refractivity contribution in [3.05, 3.63) is 52.2 Å². The highest BCUT2D eigenvalue weighted by atomic mass is 32.2. The maximum absolute atomic E-state index is 3.76. The molecule has 1 aromatic heterocycles. The maximum Gasteiger partial charge on any atom is 0.0428 e. The zero-order valence-corrected chi connectivity index (χ0v) is 12.1. The molecule has 1 aliphatic rings. The highest BCUT2D eigenvalue weighted by molar-refractivity contribution is 7.99. The normalized spacial score (nSPS) is 19.7. The fourth-order valence-corrected chi connectivity index (χ4v) is 4.44. The molecular formula is C15H17NS2. The Morgan fingerprint density at radius 2 is 2.17 bits per heavy atom. The first-order valence-electron chi connectivity index (χ1n) is 6.33. The molecule has 0 saturated carbocycles. The van der Waals surface area contributed by atoms with Crippen molar-refractivity contribution in [1.29, 1.82) is 0 Å². The summed E-state index contributed by atoms with van der Waals surface area (Å²) in [5.74, 6) is 1.16. The molecule has 0 radical (unpaired) electrons. The van der Waals surface area contributed by atoms with Gasteiger partial charge < -0.3 is 5.32 Å². The van der Waals surface area contributed by atoms with Crippen molar-refractivity contribution in [1.82, 2.24) is 5.32 Å². The SMILES string of the molecule is CC(Cc1cccs1)NC1CSc2ccccc21. The van der Waals surface area contributed by atoms with Gasteiger partial charge in [0, 0.05) is 27.6 Å². The van der Waals surface area contributed by atoms with E-state index < -0.39 is 0 Å². The molecule has 1 aliphatic heterocycles. The van der Waals surface area contributed by atoms with Crippen LogP contribution in [0.4, 0.5) is 0 Å². The molecule has 3 heteroatoms. The maximum atomic E-state index is 3.76. The molecule has 2 heterocycles. The lowest BCUT2D eigenvalue weighted by Crippen LogP contribution is -2.32. The molecule has 0 bridgehead atoms. The van der Waals surface area contributed by atoms with E-state index in [1.807, 2.05) is 23.1 Å². The van der Waals surface area contributed by atoms with E-state index in [9.17, 15) is 0 Å². The first kappa shape index (κ1) is 12.3.